The second kappa shape index (κ2) is 6.96. The monoisotopic (exact) mass is 337 g/mol. The molecule has 3 rings (SSSR count). The molecule has 1 aromatic carbocycles. The normalized spacial score (nSPS) is 32.4. The summed E-state index contributed by atoms with van der Waals surface area (Å²) in [5.41, 5.74) is 2.35. The van der Waals surface area contributed by atoms with E-state index in [-0.39, 0.29) is 5.41 Å². The molecule has 2 fully saturated rings. The third kappa shape index (κ3) is 3.67. The molecule has 0 N–H and O–H groups in total. The number of nitriles is 1. The predicted molar refractivity (Wildman–Crippen MR) is 104 cm³/mol. The van der Waals surface area contributed by atoms with E-state index < -0.39 is 0 Å². The van der Waals surface area contributed by atoms with Gasteiger partial charge in [0.25, 0.3) is 0 Å². The van der Waals surface area contributed by atoms with E-state index in [1.54, 1.807) is 0 Å². The maximum absolute atomic E-state index is 9.98. The summed E-state index contributed by atoms with van der Waals surface area (Å²) in [6.07, 6.45) is 5.53. The van der Waals surface area contributed by atoms with E-state index in [1.165, 1.54) is 41.7 Å². The topological polar surface area (TPSA) is 23.8 Å². The Morgan fingerprint density at radius 1 is 1.24 bits per heavy atom. The van der Waals surface area contributed by atoms with Crippen LogP contribution in [-0.4, -0.2) is 31.2 Å². The lowest BCUT2D eigenvalue weighted by Gasteiger charge is -2.33. The summed E-state index contributed by atoms with van der Waals surface area (Å²) >= 11 is 0. The molecule has 3 atom stereocenters. The fourth-order valence-corrected chi connectivity index (χ4v) is 5.12. The van der Waals surface area contributed by atoms with E-state index in [1.807, 2.05) is 6.07 Å². The van der Waals surface area contributed by atoms with E-state index in [4.69, 9.17) is 0 Å². The quantitative estimate of drug-likeness (QED) is 0.511. The highest BCUT2D eigenvalue weighted by Gasteiger charge is 2.62. The van der Waals surface area contributed by atoms with Gasteiger partial charge < -0.3 is 4.48 Å². The molecule has 0 radical (unpaired) electrons. The van der Waals surface area contributed by atoms with Crippen LogP contribution in [0, 0.1) is 29.1 Å². The summed E-state index contributed by atoms with van der Waals surface area (Å²) < 4.78 is 1.23. The third-order valence-corrected chi connectivity index (χ3v) is 6.76. The second-order valence-corrected chi connectivity index (χ2v) is 8.89. The second-order valence-electron chi connectivity index (χ2n) is 8.89. The van der Waals surface area contributed by atoms with Gasteiger partial charge in [-0.1, -0.05) is 48.9 Å². The first-order valence-corrected chi connectivity index (χ1v) is 9.87. The van der Waals surface area contributed by atoms with Crippen molar-refractivity contribution in [3.8, 4) is 6.07 Å². The van der Waals surface area contributed by atoms with E-state index in [2.05, 4.69) is 64.2 Å². The zero-order valence-electron chi connectivity index (χ0n) is 16.3. The van der Waals surface area contributed by atoms with Crippen molar-refractivity contribution in [3.05, 3.63) is 47.5 Å². The molecule has 0 amide bonds. The maximum Gasteiger partial charge on any atom is 0.0822 e. The highest BCUT2D eigenvalue weighted by atomic mass is 15.4. The van der Waals surface area contributed by atoms with Gasteiger partial charge in [0.15, 0.2) is 0 Å². The first-order valence-electron chi connectivity index (χ1n) is 9.87. The van der Waals surface area contributed by atoms with Crippen molar-refractivity contribution in [2.75, 3.05) is 26.7 Å². The van der Waals surface area contributed by atoms with Crippen LogP contribution >= 0.6 is 0 Å². The summed E-state index contributed by atoms with van der Waals surface area (Å²) in [5, 5.41) is 9.98. The van der Waals surface area contributed by atoms with E-state index in [0.717, 1.165) is 30.6 Å². The molecule has 134 valence electrons. The van der Waals surface area contributed by atoms with Gasteiger partial charge in [-0.25, -0.2) is 0 Å². The van der Waals surface area contributed by atoms with Crippen molar-refractivity contribution < 1.29 is 4.48 Å². The summed E-state index contributed by atoms with van der Waals surface area (Å²) in [4.78, 5) is 0. The molecule has 0 spiro atoms. The van der Waals surface area contributed by atoms with Crippen LogP contribution in [0.25, 0.3) is 0 Å². The minimum atomic E-state index is -0.290. The Bertz CT molecular complexity index is 653. The van der Waals surface area contributed by atoms with Gasteiger partial charge in [-0.15, -0.1) is 0 Å². The number of fused-ring (bicyclic) bond motifs is 1. The van der Waals surface area contributed by atoms with E-state index in [9.17, 15) is 5.26 Å². The number of likely N-dealkylation sites (tertiary alicyclic amines) is 1. The molecule has 2 nitrogen and oxygen atoms in total. The van der Waals surface area contributed by atoms with Crippen LogP contribution in [0.3, 0.4) is 0 Å². The number of rotatable bonds is 7. The van der Waals surface area contributed by atoms with Gasteiger partial charge in [0, 0.05) is 18.3 Å². The molecule has 1 aliphatic heterocycles. The lowest BCUT2D eigenvalue weighted by atomic mass is 9.74. The highest BCUT2D eigenvalue weighted by Crippen LogP contribution is 2.58. The van der Waals surface area contributed by atoms with Crippen LogP contribution in [0.5, 0.6) is 0 Å². The molecule has 2 heteroatoms. The molecule has 1 saturated carbocycles. The molecular formula is C23H33N2+. The summed E-state index contributed by atoms with van der Waals surface area (Å²) in [6.45, 7) is 10.4. The number of allylic oxidation sites excluding steroid dienone is 1. The minimum Gasteiger partial charge on any atom is -0.325 e. The molecule has 2 aliphatic rings. The van der Waals surface area contributed by atoms with Crippen LogP contribution in [0.2, 0.25) is 0 Å². The molecule has 1 heterocycles. The van der Waals surface area contributed by atoms with Crippen molar-refractivity contribution in [2.45, 2.75) is 45.4 Å². The number of quaternary nitrogens is 1. The van der Waals surface area contributed by atoms with Crippen LogP contribution in [0.1, 0.15) is 45.6 Å². The molecular weight excluding hydrogens is 304 g/mol. The number of piperidine rings is 1. The van der Waals surface area contributed by atoms with Crippen molar-refractivity contribution in [3.63, 3.8) is 0 Å². The molecule has 1 saturated heterocycles. The van der Waals surface area contributed by atoms with Crippen LogP contribution in [-0.2, 0) is 5.41 Å². The fraction of sp³-hybridized carbons (Fsp3) is 0.609. The number of nitrogens with zero attached hydrogens (tertiary/aromatic N) is 2. The van der Waals surface area contributed by atoms with Crippen molar-refractivity contribution in [1.29, 1.82) is 5.26 Å². The maximum atomic E-state index is 9.98. The number of hydrogen-bond donors (Lipinski definition) is 0. The molecule has 25 heavy (non-hydrogen) atoms. The molecule has 1 aliphatic carbocycles. The van der Waals surface area contributed by atoms with Crippen molar-refractivity contribution >= 4 is 0 Å². The van der Waals surface area contributed by atoms with Crippen LogP contribution in [0.4, 0.5) is 0 Å². The molecule has 0 bridgehead atoms. The number of benzene rings is 1. The summed E-state index contributed by atoms with van der Waals surface area (Å²) in [6, 6.07) is 13.2. The smallest absolute Gasteiger partial charge is 0.0822 e. The van der Waals surface area contributed by atoms with Gasteiger partial charge in [0.05, 0.1) is 38.2 Å². The lowest BCUT2D eigenvalue weighted by molar-refractivity contribution is -0.903. The zero-order valence-corrected chi connectivity index (χ0v) is 16.3. The number of hydrogen-bond acceptors (Lipinski definition) is 1. The Labute approximate surface area is 153 Å². The Kier molecular flexibility index (Phi) is 5.07. The van der Waals surface area contributed by atoms with E-state index >= 15 is 0 Å². The van der Waals surface area contributed by atoms with Gasteiger partial charge in [-0.2, -0.15) is 5.26 Å². The Balaban J connectivity index is 1.62. The fourth-order valence-electron chi connectivity index (χ4n) is 5.12. The average Bonchev–Trinajstić information content (AvgIpc) is 3.06. The van der Waals surface area contributed by atoms with Gasteiger partial charge in [-0.05, 0) is 38.2 Å². The average molecular weight is 338 g/mol. The third-order valence-electron chi connectivity index (χ3n) is 6.76. The molecule has 3 unspecified atom stereocenters. The van der Waals surface area contributed by atoms with E-state index in [0.29, 0.717) is 0 Å². The largest absolute Gasteiger partial charge is 0.325 e. The Hall–Kier alpha value is -1.59. The Morgan fingerprint density at radius 3 is 2.40 bits per heavy atom. The van der Waals surface area contributed by atoms with Gasteiger partial charge in [0.1, 0.15) is 0 Å². The SMILES string of the molecule is CCC(C#N)(CC1C2C[N+](C)(CCC=C(C)C)CC12)c1ccccc1. The van der Waals surface area contributed by atoms with Crippen LogP contribution < -0.4 is 0 Å². The van der Waals surface area contributed by atoms with Crippen LogP contribution in [0.15, 0.2) is 42.0 Å². The lowest BCUT2D eigenvalue weighted by Crippen LogP contribution is -2.45. The first kappa shape index (κ1) is 18.2. The zero-order chi connectivity index (χ0) is 18.1. The summed E-state index contributed by atoms with van der Waals surface area (Å²) in [5.74, 6) is 2.45. The van der Waals surface area contributed by atoms with Crippen molar-refractivity contribution in [1.82, 2.24) is 0 Å². The highest BCUT2D eigenvalue weighted by molar-refractivity contribution is 5.33. The predicted octanol–water partition coefficient (Wildman–Crippen LogP) is 4.93. The van der Waals surface area contributed by atoms with Gasteiger partial charge >= 0.3 is 0 Å². The molecule has 1 aromatic rings. The Morgan fingerprint density at radius 2 is 1.88 bits per heavy atom. The molecule has 0 aromatic heterocycles. The van der Waals surface area contributed by atoms with Crippen molar-refractivity contribution in [2.24, 2.45) is 17.8 Å². The standard InChI is InChI=1S/C23H33N2/c1-5-23(17-24,19-11-7-6-8-12-19)14-20-21-15-25(4,16-22(20)21)13-9-10-18(2)3/h6-8,10-12,20-22H,5,9,13-16H2,1-4H3/q+1. The minimum absolute atomic E-state index is 0.290. The van der Waals surface area contributed by atoms with Gasteiger partial charge in [-0.3, -0.25) is 0 Å². The van der Waals surface area contributed by atoms with Gasteiger partial charge in [0.2, 0.25) is 0 Å². The first-order chi connectivity index (χ1) is 11.9. The summed E-state index contributed by atoms with van der Waals surface area (Å²) in [7, 11) is 2.43.